The quantitative estimate of drug-likeness (QED) is 0.261. The third-order valence-electron chi connectivity index (χ3n) is 1.51. The summed E-state index contributed by atoms with van der Waals surface area (Å²) < 4.78 is 8.63. The van der Waals surface area contributed by atoms with Crippen molar-refractivity contribution in [3.05, 3.63) is 5.21 Å². The molecule has 0 saturated heterocycles. The van der Waals surface area contributed by atoms with Gasteiger partial charge in [-0.25, -0.2) is 9.59 Å². The molecule has 9 nitrogen and oxygen atoms in total. The van der Waals surface area contributed by atoms with Gasteiger partial charge in [0.2, 0.25) is 0 Å². The molecule has 0 saturated carbocycles. The van der Waals surface area contributed by atoms with Gasteiger partial charge >= 0.3 is 19.5 Å². The van der Waals surface area contributed by atoms with Gasteiger partial charge < -0.3 is 29.9 Å². The number of carboxylic acid groups (broad SMARTS) is 2. The molecule has 0 fully saturated rings. The Morgan fingerprint density at radius 3 is 2.00 bits per heavy atom. The van der Waals surface area contributed by atoms with Gasteiger partial charge in [0.1, 0.15) is 0 Å². The largest absolute Gasteiger partial charge is 0.632 e. The van der Waals surface area contributed by atoms with Crippen molar-refractivity contribution in [3.63, 3.8) is 0 Å². The normalized spacial score (nSPS) is 17.9. The second-order valence-electron chi connectivity index (χ2n) is 3.03. The lowest BCUT2D eigenvalue weighted by Crippen LogP contribution is -2.53. The highest BCUT2D eigenvalue weighted by Crippen LogP contribution is 2.45. The zero-order valence-corrected chi connectivity index (χ0v) is 8.50. The summed E-state index contributed by atoms with van der Waals surface area (Å²) in [6, 6.07) is 0. The van der Waals surface area contributed by atoms with E-state index in [9.17, 15) is 19.4 Å². The van der Waals surface area contributed by atoms with E-state index in [0.717, 1.165) is 0 Å². The molecule has 0 aromatic carbocycles. The summed E-state index contributed by atoms with van der Waals surface area (Å²) in [5, 5.41) is 28.1. The number of rotatable bonds is 5. The Morgan fingerprint density at radius 1 is 1.40 bits per heavy atom. The van der Waals surface area contributed by atoms with Crippen LogP contribution in [0.4, 0.5) is 0 Å². The maximum atomic E-state index is 11.4. The van der Waals surface area contributed by atoms with Crippen LogP contribution in [-0.4, -0.2) is 56.0 Å². The molecule has 0 aromatic rings. The molecule has 4 N–H and O–H groups in total. The first-order valence-electron chi connectivity index (χ1n) is 3.54. The van der Waals surface area contributed by atoms with Gasteiger partial charge in [0.25, 0.3) is 5.78 Å². The Morgan fingerprint density at radius 2 is 1.80 bits per heavy atom. The molecular weight excluding hydrogens is 233 g/mol. The molecule has 0 bridgehead atoms. The number of aliphatic carboxylic acids is 2. The smallest absolute Gasteiger partial charge is 0.394 e. The highest BCUT2D eigenvalue weighted by molar-refractivity contribution is 7.53. The highest BCUT2D eigenvalue weighted by Gasteiger charge is 2.47. The number of hydrogen-bond donors (Lipinski definition) is 4. The summed E-state index contributed by atoms with van der Waals surface area (Å²) in [7, 11) is -4.64. The molecule has 0 heterocycles. The first-order chi connectivity index (χ1) is 6.48. The van der Waals surface area contributed by atoms with Gasteiger partial charge in [0.05, 0.1) is 7.05 Å². The van der Waals surface area contributed by atoms with E-state index < -0.39 is 36.5 Å². The minimum atomic E-state index is -5.21. The summed E-state index contributed by atoms with van der Waals surface area (Å²) in [6.45, 7) is -1.25. The minimum absolute atomic E-state index is 0.575. The second kappa shape index (κ2) is 4.25. The average Bonchev–Trinajstić information content (AvgIpc) is 1.74. The summed E-state index contributed by atoms with van der Waals surface area (Å²) in [6.07, 6.45) is 0. The molecule has 0 spiro atoms. The lowest BCUT2D eigenvalue weighted by atomic mass is 10.5. The fourth-order valence-electron chi connectivity index (χ4n) is 1.05. The number of hydroxylamine groups is 3. The molecular formula is C5H10NO8P. The van der Waals surface area contributed by atoms with Gasteiger partial charge in [0, 0.05) is 0 Å². The lowest BCUT2D eigenvalue weighted by molar-refractivity contribution is -0.858. The molecule has 0 aliphatic rings. The van der Waals surface area contributed by atoms with Crippen LogP contribution in [0.5, 0.6) is 0 Å². The molecule has 0 aromatic heterocycles. The molecule has 0 rings (SSSR count). The van der Waals surface area contributed by atoms with Crippen LogP contribution < -0.4 is 0 Å². The SMILES string of the molecule is C[N+]([O-])(CC(=O)O)C(C(=O)O)P(=O)(O)O. The fourth-order valence-corrected chi connectivity index (χ4v) is 2.06. The third kappa shape index (κ3) is 3.94. The summed E-state index contributed by atoms with van der Waals surface area (Å²) in [4.78, 5) is 37.9. The number of likely N-dealkylation sites (N-methyl/N-ethyl adjacent to an activating group) is 1. The van der Waals surface area contributed by atoms with Crippen LogP contribution in [0.2, 0.25) is 0 Å². The van der Waals surface area contributed by atoms with E-state index >= 15 is 0 Å². The number of hydrogen-bond acceptors (Lipinski definition) is 4. The van der Waals surface area contributed by atoms with E-state index in [4.69, 9.17) is 20.0 Å². The van der Waals surface area contributed by atoms with Crippen LogP contribution >= 0.6 is 7.60 Å². The van der Waals surface area contributed by atoms with Gasteiger partial charge in [-0.1, -0.05) is 0 Å². The Hall–Kier alpha value is -0.990. The Labute approximate surface area is 83.9 Å². The highest BCUT2D eigenvalue weighted by atomic mass is 31.2. The second-order valence-corrected chi connectivity index (χ2v) is 4.69. The summed E-state index contributed by atoms with van der Waals surface area (Å²) >= 11 is 0. The molecule has 88 valence electrons. The van der Waals surface area contributed by atoms with Crippen molar-refractivity contribution >= 4 is 19.5 Å². The monoisotopic (exact) mass is 243 g/mol. The van der Waals surface area contributed by atoms with E-state index in [1.165, 1.54) is 0 Å². The van der Waals surface area contributed by atoms with Crippen molar-refractivity contribution in [3.8, 4) is 0 Å². The van der Waals surface area contributed by atoms with Crippen molar-refractivity contribution in [1.29, 1.82) is 0 Å². The van der Waals surface area contributed by atoms with E-state index in [0.29, 0.717) is 7.05 Å². The molecule has 0 amide bonds. The zero-order chi connectivity index (χ0) is 12.4. The van der Waals surface area contributed by atoms with Gasteiger partial charge in [-0.15, -0.1) is 0 Å². The molecule has 15 heavy (non-hydrogen) atoms. The molecule has 10 heteroatoms. The van der Waals surface area contributed by atoms with Crippen molar-refractivity contribution in [1.82, 2.24) is 0 Å². The van der Waals surface area contributed by atoms with Gasteiger partial charge in [-0.3, -0.25) is 4.57 Å². The maximum Gasteiger partial charge on any atom is 0.394 e. The van der Waals surface area contributed by atoms with E-state index in [1.807, 2.05) is 0 Å². The number of quaternary nitrogens is 1. The standard InChI is InChI=1S/C5H10NO8P/c1-6(11,2-3(7)8)4(5(9)10)15(12,13)14/h4H,2H2,1H3,(H,7,8)(H,9,10)(H2,12,13,14). The number of carboxylic acids is 2. The summed E-state index contributed by atoms with van der Waals surface area (Å²) in [5.74, 6) is -6.32. The average molecular weight is 243 g/mol. The predicted octanol–water partition coefficient (Wildman–Crippen LogP) is -1.40. The van der Waals surface area contributed by atoms with Crippen LogP contribution in [0.15, 0.2) is 0 Å². The lowest BCUT2D eigenvalue weighted by Gasteiger charge is -2.41. The summed E-state index contributed by atoms with van der Waals surface area (Å²) in [5.41, 5.74) is 0. The Balaban J connectivity index is 5.18. The maximum absolute atomic E-state index is 11.4. The topological polar surface area (TPSA) is 155 Å². The zero-order valence-electron chi connectivity index (χ0n) is 7.60. The minimum Gasteiger partial charge on any atom is -0.632 e. The van der Waals surface area contributed by atoms with Crippen LogP contribution in [0, 0.1) is 5.21 Å². The fraction of sp³-hybridized carbons (Fsp3) is 0.600. The molecule has 0 aliphatic carbocycles. The molecule has 0 aliphatic heterocycles. The van der Waals surface area contributed by atoms with Gasteiger partial charge in [-0.2, -0.15) is 0 Å². The molecule has 2 unspecified atom stereocenters. The van der Waals surface area contributed by atoms with Crippen molar-refractivity contribution in [2.45, 2.75) is 5.78 Å². The van der Waals surface area contributed by atoms with Gasteiger partial charge in [-0.05, 0) is 0 Å². The molecule has 0 radical (unpaired) electrons. The van der Waals surface area contributed by atoms with Crippen LogP contribution in [0.25, 0.3) is 0 Å². The van der Waals surface area contributed by atoms with Crippen LogP contribution in [0.1, 0.15) is 0 Å². The van der Waals surface area contributed by atoms with E-state index in [2.05, 4.69) is 0 Å². The first-order valence-corrected chi connectivity index (χ1v) is 5.22. The number of nitrogens with zero attached hydrogens (tertiary/aromatic N) is 1. The van der Waals surface area contributed by atoms with Gasteiger partial charge in [0.15, 0.2) is 6.54 Å². The van der Waals surface area contributed by atoms with Crippen molar-refractivity contribution in [2.24, 2.45) is 0 Å². The van der Waals surface area contributed by atoms with E-state index in [-0.39, 0.29) is 0 Å². The van der Waals surface area contributed by atoms with Crippen molar-refractivity contribution < 1.29 is 38.8 Å². The van der Waals surface area contributed by atoms with Crippen molar-refractivity contribution in [2.75, 3.05) is 13.6 Å². The van der Waals surface area contributed by atoms with E-state index in [1.54, 1.807) is 0 Å². The predicted molar refractivity (Wildman–Crippen MR) is 45.5 cm³/mol. The number of carbonyl (C=O) groups is 2. The van der Waals surface area contributed by atoms with Crippen LogP contribution in [-0.2, 0) is 14.2 Å². The Bertz CT molecular complexity index is 319. The Kier molecular flexibility index (Phi) is 3.97. The third-order valence-corrected chi connectivity index (χ3v) is 2.85. The first kappa shape index (κ1) is 14.0. The van der Waals surface area contributed by atoms with Crippen LogP contribution in [0.3, 0.4) is 0 Å². The molecule has 2 atom stereocenters.